The molecule has 1 heterocycles. The number of rotatable bonds is 2. The van der Waals surface area contributed by atoms with Gasteiger partial charge in [-0.3, -0.25) is 4.79 Å². The van der Waals surface area contributed by atoms with E-state index in [1.165, 1.54) is 0 Å². The number of carbonyl (C=O) groups excluding carboxylic acids is 1. The van der Waals surface area contributed by atoms with Crippen molar-refractivity contribution in [2.75, 3.05) is 5.32 Å². The average molecular weight is 326 g/mol. The normalized spacial score (nSPS) is 10.2. The van der Waals surface area contributed by atoms with Crippen molar-refractivity contribution < 1.29 is 4.79 Å². The van der Waals surface area contributed by atoms with Gasteiger partial charge in [-0.25, -0.2) is 4.98 Å². The summed E-state index contributed by atoms with van der Waals surface area (Å²) >= 11 is 9.08. The molecule has 0 saturated carbocycles. The summed E-state index contributed by atoms with van der Waals surface area (Å²) in [5, 5.41) is 3.38. The fourth-order valence-electron chi connectivity index (χ4n) is 1.43. The first-order valence-corrected chi connectivity index (χ1v) is 6.42. The Morgan fingerprint density at radius 1 is 1.33 bits per heavy atom. The lowest BCUT2D eigenvalue weighted by atomic mass is 10.2. The number of anilines is 1. The number of nitrogens with one attached hydrogen (secondary N) is 1. The smallest absolute Gasteiger partial charge is 0.255 e. The lowest BCUT2D eigenvalue weighted by Crippen LogP contribution is -2.12. The molecule has 92 valence electrons. The summed E-state index contributed by atoms with van der Waals surface area (Å²) in [6.07, 6.45) is 1.60. The molecule has 1 N–H and O–H groups in total. The first kappa shape index (κ1) is 13.1. The van der Waals surface area contributed by atoms with Crippen molar-refractivity contribution >= 4 is 39.1 Å². The van der Waals surface area contributed by atoms with Crippen LogP contribution in [0.5, 0.6) is 0 Å². The maximum atomic E-state index is 11.9. The van der Waals surface area contributed by atoms with Crippen molar-refractivity contribution in [3.05, 3.63) is 57.3 Å². The third kappa shape index (κ3) is 3.09. The lowest BCUT2D eigenvalue weighted by Gasteiger charge is -2.06. The van der Waals surface area contributed by atoms with Gasteiger partial charge in [-0.15, -0.1) is 0 Å². The molecule has 18 heavy (non-hydrogen) atoms. The predicted octanol–water partition coefficient (Wildman–Crippen LogP) is 4.06. The minimum absolute atomic E-state index is 0.185. The topological polar surface area (TPSA) is 42.0 Å². The van der Waals surface area contributed by atoms with E-state index in [-0.39, 0.29) is 5.91 Å². The highest BCUT2D eigenvalue weighted by Gasteiger charge is 2.07. The van der Waals surface area contributed by atoms with E-state index in [9.17, 15) is 4.79 Å². The molecular weight excluding hydrogens is 316 g/mol. The van der Waals surface area contributed by atoms with Gasteiger partial charge in [-0.05, 0) is 58.7 Å². The molecule has 0 fully saturated rings. The van der Waals surface area contributed by atoms with Crippen molar-refractivity contribution in [1.82, 2.24) is 4.98 Å². The van der Waals surface area contributed by atoms with Gasteiger partial charge in [0.1, 0.15) is 4.60 Å². The Balaban J connectivity index is 2.16. The fraction of sp³-hybridized carbons (Fsp3) is 0.0769. The number of amides is 1. The van der Waals surface area contributed by atoms with Gasteiger partial charge in [-0.2, -0.15) is 0 Å². The molecule has 0 saturated heterocycles. The monoisotopic (exact) mass is 324 g/mol. The van der Waals surface area contributed by atoms with Crippen molar-refractivity contribution in [3.63, 3.8) is 0 Å². The first-order valence-electron chi connectivity index (χ1n) is 5.25. The Morgan fingerprint density at radius 3 is 2.61 bits per heavy atom. The van der Waals surface area contributed by atoms with Crippen LogP contribution in [-0.2, 0) is 0 Å². The van der Waals surface area contributed by atoms with Gasteiger partial charge in [0.15, 0.2) is 0 Å². The molecule has 0 radical (unpaired) electrons. The molecule has 2 aromatic rings. The second kappa shape index (κ2) is 5.50. The largest absolute Gasteiger partial charge is 0.321 e. The summed E-state index contributed by atoms with van der Waals surface area (Å²) in [4.78, 5) is 16.0. The Hall–Kier alpha value is -1.39. The van der Waals surface area contributed by atoms with Crippen LogP contribution in [-0.4, -0.2) is 10.9 Å². The van der Waals surface area contributed by atoms with Crippen LogP contribution in [0.15, 0.2) is 41.1 Å². The SMILES string of the molecule is Cc1cc(NC(=O)c2ccc(Cl)cc2)cnc1Br. The molecule has 2 rings (SSSR count). The van der Waals surface area contributed by atoms with Crippen molar-refractivity contribution in [2.24, 2.45) is 0 Å². The first-order chi connectivity index (χ1) is 8.56. The molecule has 0 spiro atoms. The van der Waals surface area contributed by atoms with Crippen LogP contribution in [0.3, 0.4) is 0 Å². The van der Waals surface area contributed by atoms with E-state index in [4.69, 9.17) is 11.6 Å². The summed E-state index contributed by atoms with van der Waals surface area (Å²) in [5.74, 6) is -0.185. The minimum Gasteiger partial charge on any atom is -0.321 e. The number of carbonyl (C=O) groups is 1. The number of hydrogen-bond acceptors (Lipinski definition) is 2. The Bertz CT molecular complexity index is 584. The molecule has 1 aromatic carbocycles. The van der Waals surface area contributed by atoms with Gasteiger partial charge in [0.05, 0.1) is 11.9 Å². The quantitative estimate of drug-likeness (QED) is 0.846. The molecular formula is C13H10BrClN2O. The molecule has 5 heteroatoms. The maximum Gasteiger partial charge on any atom is 0.255 e. The van der Waals surface area contributed by atoms with E-state index in [0.29, 0.717) is 16.3 Å². The fourth-order valence-corrected chi connectivity index (χ4v) is 1.77. The Kier molecular flexibility index (Phi) is 3.99. The van der Waals surface area contributed by atoms with Gasteiger partial charge >= 0.3 is 0 Å². The number of pyridine rings is 1. The minimum atomic E-state index is -0.185. The van der Waals surface area contributed by atoms with E-state index in [1.807, 2.05) is 13.0 Å². The third-order valence-corrected chi connectivity index (χ3v) is 3.46. The molecule has 1 amide bonds. The van der Waals surface area contributed by atoms with Gasteiger partial charge in [0, 0.05) is 10.6 Å². The number of nitrogens with zero attached hydrogens (tertiary/aromatic N) is 1. The number of aryl methyl sites for hydroxylation is 1. The van der Waals surface area contributed by atoms with Crippen LogP contribution in [0.1, 0.15) is 15.9 Å². The number of benzene rings is 1. The zero-order chi connectivity index (χ0) is 13.1. The predicted molar refractivity (Wildman–Crippen MR) is 76.1 cm³/mol. The highest BCUT2D eigenvalue weighted by Crippen LogP contribution is 2.17. The summed E-state index contributed by atoms with van der Waals surface area (Å²) < 4.78 is 0.770. The molecule has 0 aliphatic heterocycles. The zero-order valence-electron chi connectivity index (χ0n) is 9.58. The van der Waals surface area contributed by atoms with E-state index < -0.39 is 0 Å². The molecule has 0 atom stereocenters. The second-order valence-electron chi connectivity index (χ2n) is 3.79. The van der Waals surface area contributed by atoms with Crippen molar-refractivity contribution in [1.29, 1.82) is 0 Å². The van der Waals surface area contributed by atoms with Crippen LogP contribution < -0.4 is 5.32 Å². The third-order valence-electron chi connectivity index (χ3n) is 2.38. The molecule has 1 aromatic heterocycles. The van der Waals surface area contributed by atoms with Gasteiger partial charge in [0.25, 0.3) is 5.91 Å². The van der Waals surface area contributed by atoms with Crippen molar-refractivity contribution in [2.45, 2.75) is 6.92 Å². The van der Waals surface area contributed by atoms with Crippen LogP contribution in [0.4, 0.5) is 5.69 Å². The van der Waals surface area contributed by atoms with Gasteiger partial charge in [-0.1, -0.05) is 11.6 Å². The van der Waals surface area contributed by atoms with E-state index >= 15 is 0 Å². The van der Waals surface area contributed by atoms with Gasteiger partial charge in [0.2, 0.25) is 0 Å². The number of aromatic nitrogens is 1. The molecule has 0 unspecified atom stereocenters. The molecule has 0 aliphatic rings. The molecule has 0 aliphatic carbocycles. The highest BCUT2D eigenvalue weighted by molar-refractivity contribution is 9.10. The van der Waals surface area contributed by atoms with Crippen molar-refractivity contribution in [3.8, 4) is 0 Å². The Morgan fingerprint density at radius 2 is 2.00 bits per heavy atom. The highest BCUT2D eigenvalue weighted by atomic mass is 79.9. The van der Waals surface area contributed by atoms with E-state index in [1.54, 1.807) is 30.5 Å². The second-order valence-corrected chi connectivity index (χ2v) is 4.98. The Labute approximate surface area is 118 Å². The van der Waals surface area contributed by atoms with Crippen LogP contribution >= 0.6 is 27.5 Å². The summed E-state index contributed by atoms with van der Waals surface area (Å²) in [6.45, 7) is 1.91. The summed E-state index contributed by atoms with van der Waals surface area (Å²) in [6, 6.07) is 8.57. The average Bonchev–Trinajstić information content (AvgIpc) is 2.34. The maximum absolute atomic E-state index is 11.9. The lowest BCUT2D eigenvalue weighted by molar-refractivity contribution is 0.102. The standard InChI is InChI=1S/C13H10BrClN2O/c1-8-6-11(7-16-12(8)14)17-13(18)9-2-4-10(15)5-3-9/h2-7H,1H3,(H,17,18). The van der Waals surface area contributed by atoms with Gasteiger partial charge < -0.3 is 5.32 Å². The number of hydrogen-bond donors (Lipinski definition) is 1. The summed E-state index contributed by atoms with van der Waals surface area (Å²) in [5.41, 5.74) is 2.18. The van der Waals surface area contributed by atoms with E-state index in [0.717, 1.165) is 10.2 Å². The van der Waals surface area contributed by atoms with E-state index in [2.05, 4.69) is 26.2 Å². The van der Waals surface area contributed by atoms with Crippen LogP contribution in [0.25, 0.3) is 0 Å². The zero-order valence-corrected chi connectivity index (χ0v) is 11.9. The number of halogens is 2. The van der Waals surface area contributed by atoms with Crippen LogP contribution in [0.2, 0.25) is 5.02 Å². The summed E-state index contributed by atoms with van der Waals surface area (Å²) in [7, 11) is 0. The molecule has 3 nitrogen and oxygen atoms in total. The molecule has 0 bridgehead atoms. The van der Waals surface area contributed by atoms with Crippen LogP contribution in [0, 0.1) is 6.92 Å².